The molecule has 9 heteroatoms. The molecule has 168 valence electrons. The number of para-hydroxylation sites is 1. The minimum absolute atomic E-state index is 0.256. The Morgan fingerprint density at radius 1 is 1.09 bits per heavy atom. The van der Waals surface area contributed by atoms with Gasteiger partial charge in [0.25, 0.3) is 5.56 Å². The zero-order chi connectivity index (χ0) is 22.4. The number of hydrogen-bond acceptors (Lipinski definition) is 8. The Kier molecular flexibility index (Phi) is 5.09. The second-order valence-corrected chi connectivity index (χ2v) is 9.32. The highest BCUT2D eigenvalue weighted by Gasteiger charge is 2.32. The van der Waals surface area contributed by atoms with Crippen molar-refractivity contribution in [2.45, 2.75) is 18.6 Å². The molecule has 1 saturated heterocycles. The summed E-state index contributed by atoms with van der Waals surface area (Å²) in [5.74, 6) is 0.927. The molecule has 0 bridgehead atoms. The molecule has 3 N–H and O–H groups in total. The van der Waals surface area contributed by atoms with E-state index in [2.05, 4.69) is 10.3 Å². The number of thiazole rings is 1. The normalized spacial score (nSPS) is 20.2. The van der Waals surface area contributed by atoms with E-state index in [0.29, 0.717) is 55.1 Å². The Morgan fingerprint density at radius 3 is 2.73 bits per heavy atom. The van der Waals surface area contributed by atoms with E-state index in [1.807, 2.05) is 53.4 Å². The fourth-order valence-electron chi connectivity index (χ4n) is 4.56. The molecule has 1 aliphatic heterocycles. The van der Waals surface area contributed by atoms with Crippen LogP contribution in [0.4, 0.5) is 11.8 Å². The maximum absolute atomic E-state index is 13.4. The van der Waals surface area contributed by atoms with Crippen molar-refractivity contribution in [1.29, 1.82) is 0 Å². The van der Waals surface area contributed by atoms with Gasteiger partial charge in [0.05, 0.1) is 35.6 Å². The molecule has 8 nitrogen and oxygen atoms in total. The molecule has 0 amide bonds. The summed E-state index contributed by atoms with van der Waals surface area (Å²) in [4.78, 5) is 27.9. The maximum Gasteiger partial charge on any atom is 0.264 e. The van der Waals surface area contributed by atoms with Crippen molar-refractivity contribution >= 4 is 33.3 Å². The van der Waals surface area contributed by atoms with Gasteiger partial charge < -0.3 is 20.1 Å². The number of aliphatic hydroxyl groups is 1. The predicted molar refractivity (Wildman–Crippen MR) is 129 cm³/mol. The van der Waals surface area contributed by atoms with Gasteiger partial charge in [-0.3, -0.25) is 9.78 Å². The number of H-pyrrole nitrogens is 1. The van der Waals surface area contributed by atoms with Crippen LogP contribution in [0, 0.1) is 0 Å². The molecular formula is C24H23N5O3S. The third-order valence-corrected chi connectivity index (χ3v) is 7.28. The first kappa shape index (κ1) is 20.3. The highest BCUT2D eigenvalue weighted by Crippen LogP contribution is 2.37. The maximum atomic E-state index is 13.4. The van der Waals surface area contributed by atoms with Crippen LogP contribution in [0.1, 0.15) is 17.2 Å². The lowest BCUT2D eigenvalue weighted by Gasteiger charge is -2.28. The van der Waals surface area contributed by atoms with Crippen LogP contribution in [0.2, 0.25) is 0 Å². The van der Waals surface area contributed by atoms with Crippen molar-refractivity contribution in [3.63, 3.8) is 0 Å². The predicted octanol–water partition coefficient (Wildman–Crippen LogP) is 2.95. The first-order chi connectivity index (χ1) is 16.2. The molecule has 4 aromatic rings. The fourth-order valence-corrected chi connectivity index (χ4v) is 5.57. The molecule has 2 aromatic heterocycles. The second-order valence-electron chi connectivity index (χ2n) is 8.29. The standard InChI is InChI=1S/C24H23N5O3S/c30-17-13-14-5-1-2-6-15(14)20(17)26-21-19(23-25-16-7-3-4-8-18(16)33-23)22(31)28-24(27-21)29-9-11-32-12-10-29/h1-8,17,20,30H,9-13H2,(H2,26,27,28,31). The fraction of sp³-hybridized carbons (Fsp3) is 0.292. The number of hydrogen-bond donors (Lipinski definition) is 3. The first-order valence-electron chi connectivity index (χ1n) is 11.0. The number of ether oxygens (including phenoxy) is 1. The number of benzene rings is 2. The quantitative estimate of drug-likeness (QED) is 0.429. The Morgan fingerprint density at radius 2 is 1.88 bits per heavy atom. The monoisotopic (exact) mass is 461 g/mol. The van der Waals surface area contributed by atoms with Gasteiger partial charge in [-0.25, -0.2) is 4.98 Å². The van der Waals surface area contributed by atoms with E-state index in [-0.39, 0.29) is 11.6 Å². The van der Waals surface area contributed by atoms with Crippen LogP contribution >= 0.6 is 11.3 Å². The molecule has 2 aromatic carbocycles. The largest absolute Gasteiger partial charge is 0.390 e. The van der Waals surface area contributed by atoms with Crippen LogP contribution in [0.5, 0.6) is 0 Å². The summed E-state index contributed by atoms with van der Waals surface area (Å²) in [7, 11) is 0. The summed E-state index contributed by atoms with van der Waals surface area (Å²) in [6, 6.07) is 15.4. The number of aromatic amines is 1. The van der Waals surface area contributed by atoms with Gasteiger partial charge in [-0.15, -0.1) is 11.3 Å². The highest BCUT2D eigenvalue weighted by atomic mass is 32.1. The molecule has 2 unspecified atom stereocenters. The molecule has 33 heavy (non-hydrogen) atoms. The summed E-state index contributed by atoms with van der Waals surface area (Å²) >= 11 is 1.46. The molecule has 3 heterocycles. The Hall–Kier alpha value is -3.27. The highest BCUT2D eigenvalue weighted by molar-refractivity contribution is 7.21. The van der Waals surface area contributed by atoms with E-state index >= 15 is 0 Å². The molecular weight excluding hydrogens is 438 g/mol. The summed E-state index contributed by atoms with van der Waals surface area (Å²) < 4.78 is 6.45. The number of nitrogens with one attached hydrogen (secondary N) is 2. The molecule has 0 radical (unpaired) electrons. The van der Waals surface area contributed by atoms with E-state index < -0.39 is 6.10 Å². The average molecular weight is 462 g/mol. The van der Waals surface area contributed by atoms with E-state index in [9.17, 15) is 9.90 Å². The Bertz CT molecular complexity index is 1350. The molecule has 0 spiro atoms. The van der Waals surface area contributed by atoms with Gasteiger partial charge in [0.1, 0.15) is 16.4 Å². The number of aromatic nitrogens is 3. The molecule has 2 aliphatic rings. The van der Waals surface area contributed by atoms with E-state index in [1.54, 1.807) is 0 Å². The smallest absolute Gasteiger partial charge is 0.264 e. The van der Waals surface area contributed by atoms with Gasteiger partial charge >= 0.3 is 0 Å². The van der Waals surface area contributed by atoms with Gasteiger partial charge in [0, 0.05) is 19.5 Å². The molecule has 6 rings (SSSR count). The minimum atomic E-state index is -0.612. The average Bonchev–Trinajstić information content (AvgIpc) is 3.40. The van der Waals surface area contributed by atoms with Crippen LogP contribution in [0.3, 0.4) is 0 Å². The van der Waals surface area contributed by atoms with Crippen LogP contribution in [-0.2, 0) is 11.2 Å². The molecule has 1 aliphatic carbocycles. The summed E-state index contributed by atoms with van der Waals surface area (Å²) in [6.07, 6.45) is -0.0531. The number of aliphatic hydroxyl groups excluding tert-OH is 1. The lowest BCUT2D eigenvalue weighted by atomic mass is 10.1. The zero-order valence-electron chi connectivity index (χ0n) is 17.8. The summed E-state index contributed by atoms with van der Waals surface area (Å²) in [5, 5.41) is 14.8. The van der Waals surface area contributed by atoms with Crippen molar-refractivity contribution in [3.05, 3.63) is 70.0 Å². The lowest BCUT2D eigenvalue weighted by Crippen LogP contribution is -2.38. The van der Waals surface area contributed by atoms with Crippen molar-refractivity contribution in [3.8, 4) is 10.6 Å². The van der Waals surface area contributed by atoms with Crippen LogP contribution in [0.25, 0.3) is 20.8 Å². The van der Waals surface area contributed by atoms with Crippen molar-refractivity contribution in [2.75, 3.05) is 36.5 Å². The van der Waals surface area contributed by atoms with Gasteiger partial charge in [-0.05, 0) is 23.3 Å². The number of rotatable bonds is 4. The number of fused-ring (bicyclic) bond motifs is 2. The van der Waals surface area contributed by atoms with Gasteiger partial charge in [0.2, 0.25) is 5.95 Å². The van der Waals surface area contributed by atoms with E-state index in [4.69, 9.17) is 14.7 Å². The summed E-state index contributed by atoms with van der Waals surface area (Å²) in [5.41, 5.74) is 3.10. The van der Waals surface area contributed by atoms with Crippen LogP contribution < -0.4 is 15.8 Å². The molecule has 1 fully saturated rings. The zero-order valence-corrected chi connectivity index (χ0v) is 18.6. The van der Waals surface area contributed by atoms with Gasteiger partial charge in [-0.1, -0.05) is 36.4 Å². The summed E-state index contributed by atoms with van der Waals surface area (Å²) in [6.45, 7) is 2.47. The van der Waals surface area contributed by atoms with Crippen LogP contribution in [0.15, 0.2) is 53.3 Å². The van der Waals surface area contributed by atoms with Crippen molar-refractivity contribution in [2.24, 2.45) is 0 Å². The third kappa shape index (κ3) is 3.68. The molecule has 0 saturated carbocycles. The van der Waals surface area contributed by atoms with E-state index in [0.717, 1.165) is 21.3 Å². The number of anilines is 2. The molecule has 2 atom stereocenters. The number of morpholine rings is 1. The minimum Gasteiger partial charge on any atom is -0.390 e. The third-order valence-electron chi connectivity index (χ3n) is 6.22. The van der Waals surface area contributed by atoms with E-state index in [1.165, 1.54) is 11.3 Å². The lowest BCUT2D eigenvalue weighted by molar-refractivity contribution is 0.122. The van der Waals surface area contributed by atoms with Crippen LogP contribution in [-0.4, -0.2) is 52.5 Å². The van der Waals surface area contributed by atoms with Gasteiger partial charge in [-0.2, -0.15) is 4.98 Å². The topological polar surface area (TPSA) is 103 Å². The second kappa shape index (κ2) is 8.26. The Balaban J connectivity index is 1.48. The number of nitrogens with zero attached hydrogens (tertiary/aromatic N) is 3. The SMILES string of the molecule is O=c1[nH]c(N2CCOCC2)nc(NC2c3ccccc3CC2O)c1-c1nc2ccccc2s1. The van der Waals surface area contributed by atoms with Gasteiger partial charge in [0.15, 0.2) is 0 Å². The van der Waals surface area contributed by atoms with Crippen molar-refractivity contribution < 1.29 is 9.84 Å². The first-order valence-corrected chi connectivity index (χ1v) is 11.8. The van der Waals surface area contributed by atoms with Crippen molar-refractivity contribution in [1.82, 2.24) is 15.0 Å². The Labute approximate surface area is 193 Å².